The van der Waals surface area contributed by atoms with Crippen molar-refractivity contribution >= 4 is 35.1 Å². The van der Waals surface area contributed by atoms with Crippen LogP contribution in [0.25, 0.3) is 0 Å². The number of hydrogen-bond acceptors (Lipinski definition) is 5. The summed E-state index contributed by atoms with van der Waals surface area (Å²) in [6, 6.07) is 16.1. The van der Waals surface area contributed by atoms with E-state index in [0.717, 1.165) is 4.90 Å². The molecule has 0 aliphatic carbocycles. The average Bonchev–Trinajstić information content (AvgIpc) is 2.68. The quantitative estimate of drug-likeness (QED) is 0.400. The maximum Gasteiger partial charge on any atom is 0.319 e. The summed E-state index contributed by atoms with van der Waals surface area (Å²) in [5.74, 6) is -0.940. The average molecular weight is 400 g/mol. The fourth-order valence-electron chi connectivity index (χ4n) is 2.31. The molecule has 6 heteroatoms. The summed E-state index contributed by atoms with van der Waals surface area (Å²) in [6.45, 7) is 6.93. The number of ketones is 1. The van der Waals surface area contributed by atoms with E-state index in [0.29, 0.717) is 11.3 Å². The van der Waals surface area contributed by atoms with Gasteiger partial charge in [0.25, 0.3) is 0 Å². The molecule has 0 aromatic heterocycles. The Kier molecular flexibility index (Phi) is 7.81. The van der Waals surface area contributed by atoms with Crippen LogP contribution < -0.4 is 5.32 Å². The Bertz CT molecular complexity index is 818. The monoisotopic (exact) mass is 399 g/mol. The standard InChI is InChI=1S/C22H25NO4S/c1-14(2)21(25)23-18-12-10-17(11-13-18)20(24)15(3)27-22(26)16(4)28-19-8-6-5-7-9-19/h5-16H,1-4H3,(H,23,25)/t15-,16+/m1/s1. The van der Waals surface area contributed by atoms with E-state index >= 15 is 0 Å². The molecule has 0 bridgehead atoms. The number of benzene rings is 2. The predicted octanol–water partition coefficient (Wildman–Crippen LogP) is 4.58. The Morgan fingerprint density at radius 3 is 2.07 bits per heavy atom. The lowest BCUT2D eigenvalue weighted by atomic mass is 10.1. The first kappa shape index (κ1) is 21.7. The van der Waals surface area contributed by atoms with Gasteiger partial charge >= 0.3 is 5.97 Å². The number of rotatable bonds is 8. The summed E-state index contributed by atoms with van der Waals surface area (Å²) in [4.78, 5) is 37.5. The maximum absolute atomic E-state index is 12.5. The second-order valence-electron chi connectivity index (χ2n) is 6.74. The lowest BCUT2D eigenvalue weighted by molar-refractivity contribution is -0.145. The van der Waals surface area contributed by atoms with E-state index in [9.17, 15) is 14.4 Å². The molecule has 0 fully saturated rings. The Balaban J connectivity index is 1.92. The van der Waals surface area contributed by atoms with Crippen LogP contribution in [0.4, 0.5) is 5.69 Å². The van der Waals surface area contributed by atoms with Crippen LogP contribution in [0.15, 0.2) is 59.5 Å². The number of hydrogen-bond donors (Lipinski definition) is 1. The minimum atomic E-state index is -0.887. The Hall–Kier alpha value is -2.60. The van der Waals surface area contributed by atoms with Gasteiger partial charge in [0, 0.05) is 22.1 Å². The van der Waals surface area contributed by atoms with Gasteiger partial charge in [0.15, 0.2) is 6.10 Å². The molecule has 2 rings (SSSR count). The molecule has 1 amide bonds. The van der Waals surface area contributed by atoms with Gasteiger partial charge in [-0.25, -0.2) is 0 Å². The fourth-order valence-corrected chi connectivity index (χ4v) is 3.19. The van der Waals surface area contributed by atoms with Gasteiger partial charge in [-0.3, -0.25) is 14.4 Å². The highest BCUT2D eigenvalue weighted by molar-refractivity contribution is 8.00. The van der Waals surface area contributed by atoms with Gasteiger partial charge in [0.2, 0.25) is 11.7 Å². The van der Waals surface area contributed by atoms with Gasteiger partial charge in [0.1, 0.15) is 5.25 Å². The van der Waals surface area contributed by atoms with E-state index in [-0.39, 0.29) is 17.6 Å². The third-order valence-corrected chi connectivity index (χ3v) is 5.10. The summed E-state index contributed by atoms with van der Waals surface area (Å²) in [6.07, 6.45) is -0.887. The molecule has 2 aromatic rings. The van der Waals surface area contributed by atoms with Gasteiger partial charge in [-0.1, -0.05) is 32.0 Å². The molecule has 5 nitrogen and oxygen atoms in total. The predicted molar refractivity (Wildman–Crippen MR) is 112 cm³/mol. The molecular weight excluding hydrogens is 374 g/mol. The lowest BCUT2D eigenvalue weighted by Crippen LogP contribution is -2.28. The number of thioether (sulfide) groups is 1. The summed E-state index contributed by atoms with van der Waals surface area (Å²) >= 11 is 1.39. The lowest BCUT2D eigenvalue weighted by Gasteiger charge is -2.16. The number of carbonyl (C=O) groups is 3. The largest absolute Gasteiger partial charge is 0.453 e. The molecule has 0 unspecified atom stereocenters. The van der Waals surface area contributed by atoms with Gasteiger partial charge in [-0.15, -0.1) is 11.8 Å². The molecule has 0 spiro atoms. The smallest absolute Gasteiger partial charge is 0.319 e. The fraction of sp³-hybridized carbons (Fsp3) is 0.318. The van der Waals surface area contributed by atoms with E-state index in [1.807, 2.05) is 30.3 Å². The van der Waals surface area contributed by atoms with Crippen molar-refractivity contribution < 1.29 is 19.1 Å². The Morgan fingerprint density at radius 1 is 0.893 bits per heavy atom. The first-order valence-corrected chi connectivity index (χ1v) is 10.0. The Morgan fingerprint density at radius 2 is 1.50 bits per heavy atom. The van der Waals surface area contributed by atoms with Crippen LogP contribution in [0.1, 0.15) is 38.1 Å². The van der Waals surface area contributed by atoms with Crippen molar-refractivity contribution in [1.29, 1.82) is 0 Å². The SMILES string of the molecule is CC(C)C(=O)Nc1ccc(C(=O)[C@@H](C)OC(=O)[C@H](C)Sc2ccccc2)cc1. The van der Waals surface area contributed by atoms with E-state index in [1.54, 1.807) is 52.0 Å². The van der Waals surface area contributed by atoms with Crippen LogP contribution >= 0.6 is 11.8 Å². The minimum Gasteiger partial charge on any atom is -0.453 e. The molecule has 0 radical (unpaired) electrons. The molecule has 0 heterocycles. The first-order valence-electron chi connectivity index (χ1n) is 9.15. The highest BCUT2D eigenvalue weighted by Crippen LogP contribution is 2.24. The summed E-state index contributed by atoms with van der Waals surface area (Å²) in [7, 11) is 0. The van der Waals surface area contributed by atoms with E-state index < -0.39 is 17.3 Å². The second kappa shape index (κ2) is 10.1. The highest BCUT2D eigenvalue weighted by atomic mass is 32.2. The molecule has 0 aliphatic rings. The van der Waals surface area contributed by atoms with Crippen LogP contribution in [0.3, 0.4) is 0 Å². The summed E-state index contributed by atoms with van der Waals surface area (Å²) in [5.41, 5.74) is 1.04. The topological polar surface area (TPSA) is 72.5 Å². The molecule has 148 valence electrons. The molecule has 0 saturated carbocycles. The number of ether oxygens (including phenoxy) is 1. The zero-order chi connectivity index (χ0) is 20.7. The van der Waals surface area contributed by atoms with Crippen molar-refractivity contribution in [3.63, 3.8) is 0 Å². The summed E-state index contributed by atoms with van der Waals surface area (Å²) < 4.78 is 5.35. The van der Waals surface area contributed by atoms with Crippen LogP contribution in [0.2, 0.25) is 0 Å². The van der Waals surface area contributed by atoms with Crippen LogP contribution in [-0.2, 0) is 14.3 Å². The van der Waals surface area contributed by atoms with E-state index in [2.05, 4.69) is 5.32 Å². The van der Waals surface area contributed by atoms with Crippen molar-refractivity contribution in [3.8, 4) is 0 Å². The van der Waals surface area contributed by atoms with Crippen molar-refractivity contribution in [3.05, 3.63) is 60.2 Å². The number of amides is 1. The number of Topliss-reactive ketones (excluding diaryl/α,β-unsaturated/α-hetero) is 1. The number of esters is 1. The molecule has 1 N–H and O–H groups in total. The van der Waals surface area contributed by atoms with Crippen molar-refractivity contribution in [2.24, 2.45) is 5.92 Å². The normalized spacial score (nSPS) is 12.9. The van der Waals surface area contributed by atoms with Gasteiger partial charge < -0.3 is 10.1 Å². The van der Waals surface area contributed by atoms with Crippen molar-refractivity contribution in [2.45, 2.75) is 43.9 Å². The third-order valence-electron chi connectivity index (χ3n) is 4.01. The van der Waals surface area contributed by atoms with E-state index in [1.165, 1.54) is 11.8 Å². The first-order chi connectivity index (χ1) is 13.3. The van der Waals surface area contributed by atoms with Crippen LogP contribution in [0, 0.1) is 5.92 Å². The zero-order valence-electron chi connectivity index (χ0n) is 16.5. The number of anilines is 1. The number of nitrogens with one attached hydrogen (secondary N) is 1. The molecule has 0 aliphatic heterocycles. The summed E-state index contributed by atoms with van der Waals surface area (Å²) in [5, 5.41) is 2.34. The van der Waals surface area contributed by atoms with Crippen molar-refractivity contribution in [1.82, 2.24) is 0 Å². The van der Waals surface area contributed by atoms with Crippen LogP contribution in [-0.4, -0.2) is 29.0 Å². The van der Waals surface area contributed by atoms with Gasteiger partial charge in [-0.05, 0) is 50.2 Å². The molecule has 2 aromatic carbocycles. The van der Waals surface area contributed by atoms with Crippen LogP contribution in [0.5, 0.6) is 0 Å². The Labute approximate surface area is 169 Å². The van der Waals surface area contributed by atoms with Gasteiger partial charge in [0.05, 0.1) is 0 Å². The maximum atomic E-state index is 12.5. The molecule has 2 atom stereocenters. The number of carbonyl (C=O) groups excluding carboxylic acids is 3. The molecular formula is C22H25NO4S. The molecule has 0 saturated heterocycles. The van der Waals surface area contributed by atoms with Gasteiger partial charge in [-0.2, -0.15) is 0 Å². The molecule has 28 heavy (non-hydrogen) atoms. The highest BCUT2D eigenvalue weighted by Gasteiger charge is 2.23. The van der Waals surface area contributed by atoms with Crippen molar-refractivity contribution in [2.75, 3.05) is 5.32 Å². The zero-order valence-corrected chi connectivity index (χ0v) is 17.3. The third kappa shape index (κ3) is 6.23. The van der Waals surface area contributed by atoms with E-state index in [4.69, 9.17) is 4.74 Å². The second-order valence-corrected chi connectivity index (χ2v) is 8.15. The minimum absolute atomic E-state index is 0.0914.